The van der Waals surface area contributed by atoms with Gasteiger partial charge < -0.3 is 15.5 Å². The fraction of sp³-hybridized carbons (Fsp3) is 0.318. The lowest BCUT2D eigenvalue weighted by molar-refractivity contribution is -0.124. The van der Waals surface area contributed by atoms with Crippen molar-refractivity contribution in [2.75, 3.05) is 28.3 Å². The van der Waals surface area contributed by atoms with Gasteiger partial charge in [0.25, 0.3) is 0 Å². The first kappa shape index (κ1) is 25.5. The van der Waals surface area contributed by atoms with E-state index in [9.17, 15) is 23.0 Å². The van der Waals surface area contributed by atoms with Crippen molar-refractivity contribution in [1.29, 1.82) is 0 Å². The molecule has 0 spiro atoms. The van der Waals surface area contributed by atoms with Crippen LogP contribution in [0.3, 0.4) is 0 Å². The van der Waals surface area contributed by atoms with Crippen LogP contribution in [-0.2, 0) is 25.2 Å². The van der Waals surface area contributed by atoms with Gasteiger partial charge in [0.2, 0.25) is 17.7 Å². The van der Waals surface area contributed by atoms with Gasteiger partial charge in [-0.2, -0.15) is 0 Å². The van der Waals surface area contributed by atoms with Crippen LogP contribution in [-0.4, -0.2) is 45.5 Å². The van der Waals surface area contributed by atoms with Gasteiger partial charge in [-0.1, -0.05) is 11.6 Å². The third-order valence-electron chi connectivity index (χ3n) is 3.96. The third kappa shape index (κ3) is 8.76. The molecule has 0 aliphatic heterocycles. The Balaban J connectivity index is 2.04. The topological polar surface area (TPSA) is 95.6 Å². The van der Waals surface area contributed by atoms with Gasteiger partial charge >= 0.3 is 0 Å². The average molecular weight is 482 g/mol. The molecule has 0 radical (unpaired) electrons. The number of halogens is 2. The van der Waals surface area contributed by atoms with E-state index in [1.165, 1.54) is 29.2 Å². The summed E-state index contributed by atoms with van der Waals surface area (Å²) in [5.41, 5.74) is 0.269. The summed E-state index contributed by atoms with van der Waals surface area (Å²) in [5, 5.41) is 5.73. The van der Waals surface area contributed by atoms with Gasteiger partial charge in [0.05, 0.1) is 0 Å². The standard InChI is InChI=1S/C22H25ClFN3O4S/c1-22(2,3)26-19(28)12-27(18-10-4-15(23)5-11-18)21(30)14-32(31)13-20(29)25-17-8-6-16(24)7-9-17/h4-11H,12-14H2,1-3H3,(H,25,29)(H,26,28). The number of amides is 3. The van der Waals surface area contributed by atoms with Crippen LogP contribution >= 0.6 is 11.6 Å². The number of carbonyl (C=O) groups is 3. The molecule has 2 aromatic carbocycles. The van der Waals surface area contributed by atoms with Gasteiger partial charge in [-0.15, -0.1) is 0 Å². The summed E-state index contributed by atoms with van der Waals surface area (Å²) in [6.45, 7) is 5.16. The molecule has 2 N–H and O–H groups in total. The van der Waals surface area contributed by atoms with Crippen LogP contribution in [0, 0.1) is 5.82 Å². The molecular weight excluding hydrogens is 457 g/mol. The van der Waals surface area contributed by atoms with Gasteiger partial charge in [-0.3, -0.25) is 18.6 Å². The van der Waals surface area contributed by atoms with Crippen LogP contribution in [0.25, 0.3) is 0 Å². The second kappa shape index (κ2) is 11.2. The fourth-order valence-electron chi connectivity index (χ4n) is 2.69. The molecule has 0 saturated heterocycles. The molecule has 32 heavy (non-hydrogen) atoms. The van der Waals surface area contributed by atoms with Crippen LogP contribution in [0.2, 0.25) is 5.02 Å². The lowest BCUT2D eigenvalue weighted by Gasteiger charge is -2.26. The van der Waals surface area contributed by atoms with E-state index in [4.69, 9.17) is 11.6 Å². The fourth-order valence-corrected chi connectivity index (χ4v) is 3.71. The van der Waals surface area contributed by atoms with E-state index >= 15 is 0 Å². The van der Waals surface area contributed by atoms with Crippen LogP contribution < -0.4 is 15.5 Å². The predicted octanol–water partition coefficient (Wildman–Crippen LogP) is 3.11. The second-order valence-electron chi connectivity index (χ2n) is 8.04. The number of nitrogens with one attached hydrogen (secondary N) is 2. The normalized spacial score (nSPS) is 12.0. The van der Waals surface area contributed by atoms with Crippen molar-refractivity contribution in [3.63, 3.8) is 0 Å². The number of hydrogen-bond donors (Lipinski definition) is 2. The summed E-state index contributed by atoms with van der Waals surface area (Å²) in [6, 6.07) is 11.4. The number of anilines is 2. The zero-order valence-electron chi connectivity index (χ0n) is 18.0. The highest BCUT2D eigenvalue weighted by Crippen LogP contribution is 2.19. The number of benzene rings is 2. The van der Waals surface area contributed by atoms with Crippen molar-refractivity contribution in [2.45, 2.75) is 26.3 Å². The molecule has 10 heteroatoms. The van der Waals surface area contributed by atoms with Crippen molar-refractivity contribution < 1.29 is 23.0 Å². The first-order chi connectivity index (χ1) is 14.9. The van der Waals surface area contributed by atoms with E-state index in [1.807, 2.05) is 20.8 Å². The van der Waals surface area contributed by atoms with E-state index in [1.54, 1.807) is 24.3 Å². The van der Waals surface area contributed by atoms with Gasteiger partial charge in [-0.05, 0) is 69.3 Å². The van der Waals surface area contributed by atoms with Gasteiger partial charge in [-0.25, -0.2) is 4.39 Å². The van der Waals surface area contributed by atoms with Crippen molar-refractivity contribution in [2.24, 2.45) is 0 Å². The van der Waals surface area contributed by atoms with Crippen LogP contribution in [0.15, 0.2) is 48.5 Å². The Labute approximate surface area is 193 Å². The highest BCUT2D eigenvalue weighted by molar-refractivity contribution is 7.86. The zero-order chi connectivity index (χ0) is 23.9. The van der Waals surface area contributed by atoms with E-state index in [2.05, 4.69) is 10.6 Å². The van der Waals surface area contributed by atoms with Crippen LogP contribution in [0.4, 0.5) is 15.8 Å². The molecule has 1 atom stereocenters. The minimum atomic E-state index is -1.83. The van der Waals surface area contributed by atoms with Crippen molar-refractivity contribution in [1.82, 2.24) is 5.32 Å². The zero-order valence-corrected chi connectivity index (χ0v) is 19.6. The summed E-state index contributed by atoms with van der Waals surface area (Å²) in [7, 11) is -1.83. The van der Waals surface area contributed by atoms with E-state index in [0.717, 1.165) is 0 Å². The Morgan fingerprint density at radius 1 is 0.969 bits per heavy atom. The molecule has 7 nitrogen and oxygen atoms in total. The second-order valence-corrected chi connectivity index (χ2v) is 9.93. The van der Waals surface area contributed by atoms with Crippen molar-refractivity contribution in [3.05, 3.63) is 59.4 Å². The van der Waals surface area contributed by atoms with Gasteiger partial charge in [0.1, 0.15) is 23.9 Å². The first-order valence-corrected chi connectivity index (χ1v) is 11.6. The smallest absolute Gasteiger partial charge is 0.240 e. The lowest BCUT2D eigenvalue weighted by atomic mass is 10.1. The maximum atomic E-state index is 13.0. The predicted molar refractivity (Wildman–Crippen MR) is 125 cm³/mol. The molecule has 2 rings (SSSR count). The molecule has 3 amide bonds. The summed E-state index contributed by atoms with van der Waals surface area (Å²) >= 11 is 5.91. The summed E-state index contributed by atoms with van der Waals surface area (Å²) < 4.78 is 25.4. The minimum absolute atomic E-state index is 0.281. The Morgan fingerprint density at radius 3 is 2.12 bits per heavy atom. The molecule has 2 aromatic rings. The van der Waals surface area contributed by atoms with E-state index < -0.39 is 45.5 Å². The molecular formula is C22H25ClFN3O4S. The molecule has 0 aliphatic carbocycles. The summed E-state index contributed by atoms with van der Waals surface area (Å²) in [6.07, 6.45) is 0. The number of rotatable bonds is 8. The molecule has 0 aliphatic rings. The number of nitrogens with zero attached hydrogens (tertiary/aromatic N) is 1. The molecule has 0 bridgehead atoms. The highest BCUT2D eigenvalue weighted by atomic mass is 35.5. The minimum Gasteiger partial charge on any atom is -0.350 e. The lowest BCUT2D eigenvalue weighted by Crippen LogP contribution is -2.48. The first-order valence-electron chi connectivity index (χ1n) is 9.70. The van der Waals surface area contributed by atoms with Crippen molar-refractivity contribution >= 4 is 51.5 Å². The Hall–Kier alpha value is -2.78. The molecule has 0 heterocycles. The Morgan fingerprint density at radius 2 is 1.56 bits per heavy atom. The van der Waals surface area contributed by atoms with Gasteiger partial charge in [0, 0.05) is 32.7 Å². The van der Waals surface area contributed by atoms with Crippen LogP contribution in [0.1, 0.15) is 20.8 Å². The molecule has 0 fully saturated rings. The third-order valence-corrected chi connectivity index (χ3v) is 5.37. The van der Waals surface area contributed by atoms with E-state index in [0.29, 0.717) is 16.4 Å². The van der Waals surface area contributed by atoms with Crippen LogP contribution in [0.5, 0.6) is 0 Å². The highest BCUT2D eigenvalue weighted by Gasteiger charge is 2.24. The quantitative estimate of drug-likeness (QED) is 0.605. The van der Waals surface area contributed by atoms with Crippen molar-refractivity contribution in [3.8, 4) is 0 Å². The number of hydrogen-bond acceptors (Lipinski definition) is 4. The maximum Gasteiger partial charge on any atom is 0.240 e. The largest absolute Gasteiger partial charge is 0.350 e. The molecule has 0 aromatic heterocycles. The monoisotopic (exact) mass is 481 g/mol. The molecule has 0 saturated carbocycles. The maximum absolute atomic E-state index is 13.0. The summed E-state index contributed by atoms with van der Waals surface area (Å²) in [4.78, 5) is 38.6. The molecule has 1 unspecified atom stereocenters. The van der Waals surface area contributed by atoms with E-state index in [-0.39, 0.29) is 12.5 Å². The Bertz CT molecular complexity index is 992. The Kier molecular flexibility index (Phi) is 8.91. The summed E-state index contributed by atoms with van der Waals surface area (Å²) in [5.74, 6) is -2.88. The SMILES string of the molecule is CC(C)(C)NC(=O)CN(C(=O)CS(=O)CC(=O)Nc1ccc(F)cc1)c1ccc(Cl)cc1. The average Bonchev–Trinajstić information content (AvgIpc) is 2.67. The number of carbonyl (C=O) groups excluding carboxylic acids is 3. The molecule has 172 valence electrons. The van der Waals surface area contributed by atoms with Gasteiger partial charge in [0.15, 0.2) is 0 Å².